The van der Waals surface area contributed by atoms with Gasteiger partial charge in [0.2, 0.25) is 0 Å². The van der Waals surface area contributed by atoms with Gasteiger partial charge in [0.1, 0.15) is 11.6 Å². The number of aryl methyl sites for hydroxylation is 2. The Morgan fingerprint density at radius 3 is 2.64 bits per heavy atom. The molecule has 0 unspecified atom stereocenters. The normalized spacial score (nSPS) is 10.2. The second-order valence-electron chi connectivity index (χ2n) is 3.51. The van der Waals surface area contributed by atoms with Crippen molar-refractivity contribution in [2.45, 2.75) is 40.0 Å². The summed E-state index contributed by atoms with van der Waals surface area (Å²) in [5.41, 5.74) is 1.77. The van der Waals surface area contributed by atoms with E-state index >= 15 is 0 Å². The first kappa shape index (κ1) is 10.8. The van der Waals surface area contributed by atoms with E-state index in [4.69, 9.17) is 0 Å². The van der Waals surface area contributed by atoms with Gasteiger partial charge in [-0.25, -0.2) is 9.97 Å². The van der Waals surface area contributed by atoms with Crippen molar-refractivity contribution in [1.29, 1.82) is 0 Å². The fourth-order valence-electron chi connectivity index (χ4n) is 1.45. The summed E-state index contributed by atoms with van der Waals surface area (Å²) in [6.45, 7) is 5.78. The minimum Gasteiger partial charge on any atom is -0.299 e. The lowest BCUT2D eigenvalue weighted by atomic mass is 10.1. The monoisotopic (exact) mass is 192 g/mol. The fraction of sp³-hybridized carbons (Fsp3) is 0.545. The van der Waals surface area contributed by atoms with Gasteiger partial charge in [-0.05, 0) is 26.3 Å². The zero-order chi connectivity index (χ0) is 10.6. The molecule has 3 heteroatoms. The third-order valence-corrected chi connectivity index (χ3v) is 1.93. The number of nitrogens with zero attached hydrogens (tertiary/aromatic N) is 2. The second-order valence-corrected chi connectivity index (χ2v) is 3.51. The maximum atomic E-state index is 11.4. The van der Waals surface area contributed by atoms with Crippen LogP contribution in [0.4, 0.5) is 0 Å². The number of carbonyl (C=O) groups excluding carboxylic acids is 1. The lowest BCUT2D eigenvalue weighted by molar-refractivity contribution is -0.118. The van der Waals surface area contributed by atoms with Crippen molar-refractivity contribution in [2.24, 2.45) is 0 Å². The summed E-state index contributed by atoms with van der Waals surface area (Å²) in [5.74, 6) is 0.995. The highest BCUT2D eigenvalue weighted by Gasteiger charge is 2.05. The van der Waals surface area contributed by atoms with Gasteiger partial charge in [-0.1, -0.05) is 6.92 Å². The third-order valence-electron chi connectivity index (χ3n) is 1.93. The summed E-state index contributed by atoms with van der Waals surface area (Å²) >= 11 is 0. The molecule has 0 fully saturated rings. The van der Waals surface area contributed by atoms with E-state index < -0.39 is 0 Å². The molecule has 1 heterocycles. The van der Waals surface area contributed by atoms with Crippen LogP contribution in [0, 0.1) is 13.8 Å². The molecule has 0 saturated carbocycles. The van der Waals surface area contributed by atoms with Crippen LogP contribution in [0.25, 0.3) is 0 Å². The van der Waals surface area contributed by atoms with Gasteiger partial charge < -0.3 is 0 Å². The molecular weight excluding hydrogens is 176 g/mol. The van der Waals surface area contributed by atoms with Crippen LogP contribution in [0.5, 0.6) is 0 Å². The summed E-state index contributed by atoms with van der Waals surface area (Å²) in [4.78, 5) is 19.8. The van der Waals surface area contributed by atoms with Crippen molar-refractivity contribution >= 4 is 5.78 Å². The van der Waals surface area contributed by atoms with Crippen molar-refractivity contribution < 1.29 is 4.79 Å². The average Bonchev–Trinajstić information content (AvgIpc) is 2.01. The van der Waals surface area contributed by atoms with Crippen LogP contribution in [-0.4, -0.2) is 15.8 Å². The third kappa shape index (κ3) is 3.24. The Hall–Kier alpha value is -1.25. The number of aromatic nitrogens is 2. The molecule has 0 bridgehead atoms. The molecule has 1 aromatic rings. The van der Waals surface area contributed by atoms with Crippen molar-refractivity contribution in [3.8, 4) is 0 Å². The summed E-state index contributed by atoms with van der Waals surface area (Å²) in [6, 6.07) is 1.88. The quantitative estimate of drug-likeness (QED) is 0.732. The summed E-state index contributed by atoms with van der Waals surface area (Å²) < 4.78 is 0. The predicted molar refractivity (Wildman–Crippen MR) is 55.1 cm³/mol. The van der Waals surface area contributed by atoms with E-state index in [9.17, 15) is 4.79 Å². The number of rotatable bonds is 4. The molecule has 0 amide bonds. The van der Waals surface area contributed by atoms with Crippen molar-refractivity contribution in [1.82, 2.24) is 9.97 Å². The molecule has 0 N–H and O–H groups in total. The molecule has 0 saturated heterocycles. The first-order chi connectivity index (χ1) is 6.61. The molecule has 0 aliphatic carbocycles. The largest absolute Gasteiger partial charge is 0.299 e. The van der Waals surface area contributed by atoms with E-state index in [0.29, 0.717) is 12.8 Å². The van der Waals surface area contributed by atoms with Gasteiger partial charge in [0.05, 0.1) is 5.69 Å². The Kier molecular flexibility index (Phi) is 3.74. The smallest absolute Gasteiger partial charge is 0.138 e. The van der Waals surface area contributed by atoms with Crippen molar-refractivity contribution in [3.63, 3.8) is 0 Å². The molecule has 76 valence electrons. The summed E-state index contributed by atoms with van der Waals surface area (Å²) in [6.07, 6.45) is 1.99. The molecule has 3 nitrogen and oxygen atoms in total. The van der Waals surface area contributed by atoms with Crippen LogP contribution in [-0.2, 0) is 11.2 Å². The van der Waals surface area contributed by atoms with E-state index in [1.807, 2.05) is 26.8 Å². The Morgan fingerprint density at radius 2 is 2.07 bits per heavy atom. The van der Waals surface area contributed by atoms with Gasteiger partial charge >= 0.3 is 0 Å². The molecule has 1 rings (SSSR count). The fourth-order valence-corrected chi connectivity index (χ4v) is 1.45. The molecule has 0 aliphatic rings. The first-order valence-corrected chi connectivity index (χ1v) is 4.94. The topological polar surface area (TPSA) is 42.9 Å². The molecule has 0 radical (unpaired) electrons. The average molecular weight is 192 g/mol. The minimum atomic E-state index is 0.255. The van der Waals surface area contributed by atoms with Crippen LogP contribution in [0.15, 0.2) is 6.07 Å². The van der Waals surface area contributed by atoms with Gasteiger partial charge in [0.15, 0.2) is 0 Å². The van der Waals surface area contributed by atoms with Crippen LogP contribution >= 0.6 is 0 Å². The van der Waals surface area contributed by atoms with Crippen molar-refractivity contribution in [2.75, 3.05) is 0 Å². The highest BCUT2D eigenvalue weighted by atomic mass is 16.1. The zero-order valence-corrected chi connectivity index (χ0v) is 9.00. The summed E-state index contributed by atoms with van der Waals surface area (Å²) in [7, 11) is 0. The molecule has 1 aromatic heterocycles. The number of hydrogen-bond donors (Lipinski definition) is 0. The lowest BCUT2D eigenvalue weighted by Gasteiger charge is -2.02. The van der Waals surface area contributed by atoms with Crippen LogP contribution in [0.2, 0.25) is 0 Å². The maximum Gasteiger partial charge on any atom is 0.138 e. The summed E-state index contributed by atoms with van der Waals surface area (Å²) in [5, 5.41) is 0. The number of hydrogen-bond acceptors (Lipinski definition) is 3. The number of carbonyl (C=O) groups is 1. The van der Waals surface area contributed by atoms with Gasteiger partial charge in [-0.2, -0.15) is 0 Å². The predicted octanol–water partition coefficient (Wildman–Crippen LogP) is 2.01. The molecule has 0 aromatic carbocycles. The van der Waals surface area contributed by atoms with E-state index in [0.717, 1.165) is 23.6 Å². The lowest BCUT2D eigenvalue weighted by Crippen LogP contribution is -2.06. The Bertz CT molecular complexity index is 314. The first-order valence-electron chi connectivity index (χ1n) is 4.94. The van der Waals surface area contributed by atoms with Crippen LogP contribution in [0.3, 0.4) is 0 Å². The minimum absolute atomic E-state index is 0.255. The van der Waals surface area contributed by atoms with Crippen LogP contribution in [0.1, 0.15) is 37.0 Å². The van der Waals surface area contributed by atoms with Gasteiger partial charge in [0.25, 0.3) is 0 Å². The van der Waals surface area contributed by atoms with Gasteiger partial charge in [-0.3, -0.25) is 4.79 Å². The SMILES string of the molecule is CCCC(=O)Cc1cc(C)nc(C)n1. The van der Waals surface area contributed by atoms with E-state index in [2.05, 4.69) is 9.97 Å². The number of Topliss-reactive ketones (excluding diaryl/α,β-unsaturated/α-hetero) is 1. The van der Waals surface area contributed by atoms with Gasteiger partial charge in [0, 0.05) is 18.5 Å². The molecule has 0 spiro atoms. The van der Waals surface area contributed by atoms with E-state index in [-0.39, 0.29) is 5.78 Å². The van der Waals surface area contributed by atoms with Crippen molar-refractivity contribution in [3.05, 3.63) is 23.3 Å². The second kappa shape index (κ2) is 4.84. The maximum absolute atomic E-state index is 11.4. The van der Waals surface area contributed by atoms with Crippen LogP contribution < -0.4 is 0 Å². The molecular formula is C11H16N2O. The number of ketones is 1. The highest BCUT2D eigenvalue weighted by Crippen LogP contribution is 2.03. The zero-order valence-electron chi connectivity index (χ0n) is 9.00. The van der Waals surface area contributed by atoms with Gasteiger partial charge in [-0.15, -0.1) is 0 Å². The van der Waals surface area contributed by atoms with E-state index in [1.165, 1.54) is 0 Å². The Morgan fingerprint density at radius 1 is 1.36 bits per heavy atom. The standard InChI is InChI=1S/C11H16N2O/c1-4-5-11(14)7-10-6-8(2)12-9(3)13-10/h6H,4-5,7H2,1-3H3. The van der Waals surface area contributed by atoms with E-state index in [1.54, 1.807) is 0 Å². The molecule has 0 atom stereocenters. The Labute approximate surface area is 84.6 Å². The molecule has 14 heavy (non-hydrogen) atoms. The molecule has 0 aliphatic heterocycles. The highest BCUT2D eigenvalue weighted by molar-refractivity contribution is 5.80. The Balaban J connectivity index is 2.71.